The Morgan fingerprint density at radius 2 is 1.93 bits per heavy atom. The van der Waals surface area contributed by atoms with E-state index in [1.165, 1.54) is 11.1 Å². The first-order valence-corrected chi connectivity index (χ1v) is 5.66. The van der Waals surface area contributed by atoms with E-state index in [4.69, 9.17) is 5.11 Å². The quantitative estimate of drug-likeness (QED) is 0.803. The summed E-state index contributed by atoms with van der Waals surface area (Å²) in [6.45, 7) is 9.10. The summed E-state index contributed by atoms with van der Waals surface area (Å²) in [5, 5.41) is 8.93. The number of hydrogen-bond acceptors (Lipinski definition) is 1. The molecule has 0 spiro atoms. The van der Waals surface area contributed by atoms with Crippen molar-refractivity contribution in [2.75, 3.05) is 6.61 Å². The van der Waals surface area contributed by atoms with E-state index >= 15 is 0 Å². The molecule has 0 bridgehead atoms. The monoisotopic (exact) mass is 206 g/mol. The van der Waals surface area contributed by atoms with E-state index in [9.17, 15) is 0 Å². The molecule has 0 aliphatic heterocycles. The van der Waals surface area contributed by atoms with Crippen LogP contribution in [0.3, 0.4) is 0 Å². The summed E-state index contributed by atoms with van der Waals surface area (Å²) in [7, 11) is 0. The molecule has 1 unspecified atom stereocenters. The molecule has 1 atom stereocenters. The highest BCUT2D eigenvalue weighted by Crippen LogP contribution is 2.26. The van der Waals surface area contributed by atoms with E-state index in [2.05, 4.69) is 52.0 Å². The highest BCUT2D eigenvalue weighted by molar-refractivity contribution is 5.30. The molecule has 0 fully saturated rings. The Bertz CT molecular complexity index is 309. The lowest BCUT2D eigenvalue weighted by Crippen LogP contribution is -2.11. The molecule has 1 rings (SSSR count). The van der Waals surface area contributed by atoms with Crippen molar-refractivity contribution in [2.45, 2.75) is 45.4 Å². The highest BCUT2D eigenvalue weighted by atomic mass is 16.3. The molecule has 0 aromatic heterocycles. The van der Waals surface area contributed by atoms with Gasteiger partial charge in [0.25, 0.3) is 0 Å². The first-order valence-electron chi connectivity index (χ1n) is 5.66. The minimum Gasteiger partial charge on any atom is -0.396 e. The van der Waals surface area contributed by atoms with Gasteiger partial charge in [0, 0.05) is 6.61 Å². The summed E-state index contributed by atoms with van der Waals surface area (Å²) in [4.78, 5) is 0. The van der Waals surface area contributed by atoms with E-state index in [-0.39, 0.29) is 12.0 Å². The lowest BCUT2D eigenvalue weighted by atomic mass is 9.84. The molecule has 1 aromatic rings. The van der Waals surface area contributed by atoms with Gasteiger partial charge in [0.05, 0.1) is 0 Å². The lowest BCUT2D eigenvalue weighted by molar-refractivity contribution is 0.278. The van der Waals surface area contributed by atoms with Crippen LogP contribution in [0.15, 0.2) is 24.3 Å². The highest BCUT2D eigenvalue weighted by Gasteiger charge is 2.14. The Labute approximate surface area is 93.1 Å². The maximum absolute atomic E-state index is 8.93. The normalized spacial score (nSPS) is 13.9. The number of aliphatic hydroxyl groups excluding tert-OH is 1. The minimum atomic E-state index is 0.203. The van der Waals surface area contributed by atoms with Crippen molar-refractivity contribution in [3.8, 4) is 0 Å². The van der Waals surface area contributed by atoms with Crippen LogP contribution in [0.2, 0.25) is 0 Å². The number of hydrogen-bond donors (Lipinski definition) is 1. The summed E-state index contributed by atoms with van der Waals surface area (Å²) in [5.74, 6) is 0.442. The van der Waals surface area contributed by atoms with Crippen molar-refractivity contribution in [1.82, 2.24) is 0 Å². The van der Waals surface area contributed by atoms with Crippen molar-refractivity contribution in [1.29, 1.82) is 0 Å². The molecule has 0 radical (unpaired) electrons. The largest absolute Gasteiger partial charge is 0.396 e. The van der Waals surface area contributed by atoms with Gasteiger partial charge < -0.3 is 5.11 Å². The van der Waals surface area contributed by atoms with Crippen LogP contribution in [0.4, 0.5) is 0 Å². The zero-order valence-electron chi connectivity index (χ0n) is 10.2. The molecule has 1 N–H and O–H groups in total. The summed E-state index contributed by atoms with van der Waals surface area (Å²) in [6, 6.07) is 8.70. The Morgan fingerprint density at radius 1 is 1.27 bits per heavy atom. The number of rotatable bonds is 3. The molecule has 0 aliphatic carbocycles. The van der Waals surface area contributed by atoms with E-state index < -0.39 is 0 Å². The molecule has 1 aromatic carbocycles. The van der Waals surface area contributed by atoms with Crippen LogP contribution in [0, 0.1) is 0 Å². The topological polar surface area (TPSA) is 20.2 Å². The third-order valence-electron chi connectivity index (χ3n) is 2.88. The molecule has 1 nitrogen and oxygen atoms in total. The van der Waals surface area contributed by atoms with Gasteiger partial charge in [-0.05, 0) is 28.9 Å². The van der Waals surface area contributed by atoms with Gasteiger partial charge in [0.1, 0.15) is 0 Å². The molecule has 1 heteroatoms. The molecule has 0 saturated heterocycles. The molecular weight excluding hydrogens is 184 g/mol. The molecule has 0 amide bonds. The van der Waals surface area contributed by atoms with Gasteiger partial charge in [-0.2, -0.15) is 0 Å². The van der Waals surface area contributed by atoms with Crippen LogP contribution >= 0.6 is 0 Å². The van der Waals surface area contributed by atoms with Crippen LogP contribution in [0.5, 0.6) is 0 Å². The zero-order valence-corrected chi connectivity index (χ0v) is 10.2. The average molecular weight is 206 g/mol. The van der Waals surface area contributed by atoms with Gasteiger partial charge in [-0.3, -0.25) is 0 Å². The average Bonchev–Trinajstić information content (AvgIpc) is 2.17. The van der Waals surface area contributed by atoms with E-state index in [1.807, 2.05) is 0 Å². The fraction of sp³-hybridized carbons (Fsp3) is 0.571. The fourth-order valence-corrected chi connectivity index (χ4v) is 1.67. The molecule has 15 heavy (non-hydrogen) atoms. The molecule has 0 aliphatic rings. The van der Waals surface area contributed by atoms with Gasteiger partial charge >= 0.3 is 0 Å². The van der Waals surface area contributed by atoms with Crippen molar-refractivity contribution in [2.24, 2.45) is 0 Å². The molecule has 0 heterocycles. The van der Waals surface area contributed by atoms with Crippen LogP contribution in [0.1, 0.15) is 51.2 Å². The second-order valence-electron chi connectivity index (χ2n) is 5.29. The molecule has 84 valence electrons. The van der Waals surface area contributed by atoms with Gasteiger partial charge in [-0.1, -0.05) is 52.0 Å². The summed E-state index contributed by atoms with van der Waals surface area (Å²) in [5.41, 5.74) is 2.90. The van der Waals surface area contributed by atoms with Crippen LogP contribution in [-0.2, 0) is 5.41 Å². The lowest BCUT2D eigenvalue weighted by Gasteiger charge is -2.21. The van der Waals surface area contributed by atoms with Crippen LogP contribution < -0.4 is 0 Å². The van der Waals surface area contributed by atoms with Gasteiger partial charge in [-0.25, -0.2) is 0 Å². The standard InChI is InChI=1S/C14H22O/c1-11(8-9-15)12-6-5-7-13(10-12)14(2,3)4/h5-7,10-11,15H,8-9H2,1-4H3. The maximum atomic E-state index is 8.93. The van der Waals surface area contributed by atoms with Gasteiger partial charge in [0.2, 0.25) is 0 Å². The zero-order chi connectivity index (χ0) is 11.5. The SMILES string of the molecule is CC(CCO)c1cccc(C(C)(C)C)c1. The smallest absolute Gasteiger partial charge is 0.0436 e. The number of aliphatic hydroxyl groups is 1. The van der Waals surface area contributed by atoms with E-state index in [1.54, 1.807) is 0 Å². The predicted molar refractivity (Wildman–Crippen MR) is 65.3 cm³/mol. The van der Waals surface area contributed by atoms with Crippen LogP contribution in [-0.4, -0.2) is 11.7 Å². The van der Waals surface area contributed by atoms with Crippen molar-refractivity contribution < 1.29 is 5.11 Å². The molecular formula is C14H22O. The summed E-state index contributed by atoms with van der Waals surface area (Å²) >= 11 is 0. The maximum Gasteiger partial charge on any atom is 0.0436 e. The van der Waals surface area contributed by atoms with Crippen molar-refractivity contribution in [3.63, 3.8) is 0 Å². The first-order chi connectivity index (χ1) is 6.95. The number of benzene rings is 1. The van der Waals surface area contributed by atoms with Crippen LogP contribution in [0.25, 0.3) is 0 Å². The van der Waals surface area contributed by atoms with Crippen molar-refractivity contribution >= 4 is 0 Å². The Balaban J connectivity index is 2.92. The Hall–Kier alpha value is -0.820. The minimum absolute atomic E-state index is 0.203. The second-order valence-corrected chi connectivity index (χ2v) is 5.29. The van der Waals surface area contributed by atoms with Crippen molar-refractivity contribution in [3.05, 3.63) is 35.4 Å². The third-order valence-corrected chi connectivity index (χ3v) is 2.88. The summed E-state index contributed by atoms with van der Waals surface area (Å²) in [6.07, 6.45) is 0.841. The van der Waals surface area contributed by atoms with Gasteiger partial charge in [-0.15, -0.1) is 0 Å². The summed E-state index contributed by atoms with van der Waals surface area (Å²) < 4.78 is 0. The first kappa shape index (κ1) is 12.3. The van der Waals surface area contributed by atoms with E-state index in [0.717, 1.165) is 6.42 Å². The third kappa shape index (κ3) is 3.35. The Morgan fingerprint density at radius 3 is 2.47 bits per heavy atom. The van der Waals surface area contributed by atoms with E-state index in [0.29, 0.717) is 5.92 Å². The second kappa shape index (κ2) is 4.80. The fourth-order valence-electron chi connectivity index (χ4n) is 1.67. The molecule has 0 saturated carbocycles. The van der Waals surface area contributed by atoms with Gasteiger partial charge in [0.15, 0.2) is 0 Å². The Kier molecular flexibility index (Phi) is 3.92. The predicted octanol–water partition coefficient (Wildman–Crippen LogP) is 3.47.